The van der Waals surface area contributed by atoms with Gasteiger partial charge in [-0.05, 0) is 43.7 Å². The lowest BCUT2D eigenvalue weighted by Gasteiger charge is -2.05. The number of aromatic nitrogens is 5. The topological polar surface area (TPSA) is 87.5 Å². The van der Waals surface area contributed by atoms with E-state index in [-0.39, 0.29) is 12.1 Å². The molecule has 0 fully saturated rings. The molecule has 0 bridgehead atoms. The summed E-state index contributed by atoms with van der Waals surface area (Å²) in [5.74, 6) is 1.69. The average Bonchev–Trinajstić information content (AvgIpc) is 3.50. The summed E-state index contributed by atoms with van der Waals surface area (Å²) >= 11 is 0. The number of unbranched alkanes of at least 4 members (excludes halogenated alkanes) is 1. The SMILES string of the molecule is CCCCOc1ccc(-c2cc3c(=O)n(Cc4nc(-c5ccc(C)cc5)no4)ccn3n2)cc1. The van der Waals surface area contributed by atoms with Gasteiger partial charge in [0, 0.05) is 23.5 Å². The number of hydrogen-bond acceptors (Lipinski definition) is 6. The van der Waals surface area contributed by atoms with Crippen LogP contribution in [-0.2, 0) is 6.54 Å². The van der Waals surface area contributed by atoms with E-state index < -0.39 is 0 Å². The highest BCUT2D eigenvalue weighted by atomic mass is 16.5. The molecule has 2 aromatic carbocycles. The van der Waals surface area contributed by atoms with Crippen molar-refractivity contribution in [1.29, 1.82) is 0 Å². The van der Waals surface area contributed by atoms with Gasteiger partial charge in [-0.3, -0.25) is 4.79 Å². The molecular formula is C26H25N5O3. The molecule has 0 unspecified atom stereocenters. The first-order chi connectivity index (χ1) is 16.6. The lowest BCUT2D eigenvalue weighted by atomic mass is 10.1. The van der Waals surface area contributed by atoms with E-state index in [9.17, 15) is 4.79 Å². The fraction of sp³-hybridized carbons (Fsp3) is 0.231. The lowest BCUT2D eigenvalue weighted by molar-refractivity contribution is 0.309. The Labute approximate surface area is 196 Å². The molecular weight excluding hydrogens is 430 g/mol. The van der Waals surface area contributed by atoms with Crippen molar-refractivity contribution in [3.8, 4) is 28.4 Å². The smallest absolute Gasteiger partial charge is 0.277 e. The predicted molar refractivity (Wildman–Crippen MR) is 129 cm³/mol. The van der Waals surface area contributed by atoms with E-state index in [2.05, 4.69) is 22.2 Å². The normalized spacial score (nSPS) is 11.2. The fourth-order valence-electron chi connectivity index (χ4n) is 3.63. The molecule has 0 N–H and O–H groups in total. The summed E-state index contributed by atoms with van der Waals surface area (Å²) < 4.78 is 14.2. The Hall–Kier alpha value is -4.20. The first-order valence-electron chi connectivity index (χ1n) is 11.3. The van der Waals surface area contributed by atoms with Crippen molar-refractivity contribution < 1.29 is 9.26 Å². The monoisotopic (exact) mass is 455 g/mol. The van der Waals surface area contributed by atoms with Crippen LogP contribution >= 0.6 is 0 Å². The Bertz CT molecular complexity index is 1460. The maximum absolute atomic E-state index is 13.1. The summed E-state index contributed by atoms with van der Waals surface area (Å²) in [7, 11) is 0. The van der Waals surface area contributed by atoms with E-state index in [1.807, 2.05) is 55.5 Å². The third-order valence-corrected chi connectivity index (χ3v) is 5.60. The molecule has 0 atom stereocenters. The molecule has 172 valence electrons. The third kappa shape index (κ3) is 4.47. The molecule has 0 saturated carbocycles. The minimum atomic E-state index is -0.184. The van der Waals surface area contributed by atoms with Gasteiger partial charge < -0.3 is 13.8 Å². The Kier molecular flexibility index (Phi) is 5.95. The number of rotatable bonds is 8. The van der Waals surface area contributed by atoms with Gasteiger partial charge in [0.25, 0.3) is 5.56 Å². The van der Waals surface area contributed by atoms with Crippen LogP contribution in [0.5, 0.6) is 5.75 Å². The largest absolute Gasteiger partial charge is 0.494 e. The fourth-order valence-corrected chi connectivity index (χ4v) is 3.63. The van der Waals surface area contributed by atoms with Crippen LogP contribution in [0.2, 0.25) is 0 Å². The summed E-state index contributed by atoms with van der Waals surface area (Å²) in [6, 6.07) is 17.4. The molecule has 5 rings (SSSR count). The van der Waals surface area contributed by atoms with E-state index in [1.165, 1.54) is 4.57 Å². The molecule has 0 radical (unpaired) electrons. The van der Waals surface area contributed by atoms with Crippen LogP contribution in [0.25, 0.3) is 28.2 Å². The van der Waals surface area contributed by atoms with Crippen molar-refractivity contribution in [1.82, 2.24) is 24.3 Å². The first kappa shape index (κ1) is 21.6. The van der Waals surface area contributed by atoms with E-state index in [0.717, 1.165) is 41.0 Å². The molecule has 0 aliphatic rings. The van der Waals surface area contributed by atoms with Crippen molar-refractivity contribution in [2.45, 2.75) is 33.2 Å². The minimum Gasteiger partial charge on any atom is -0.494 e. The summed E-state index contributed by atoms with van der Waals surface area (Å²) in [6.45, 7) is 5.04. The van der Waals surface area contributed by atoms with Gasteiger partial charge in [0.05, 0.1) is 12.3 Å². The van der Waals surface area contributed by atoms with Crippen molar-refractivity contribution in [3.05, 3.63) is 88.8 Å². The molecule has 34 heavy (non-hydrogen) atoms. The quantitative estimate of drug-likeness (QED) is 0.314. The van der Waals surface area contributed by atoms with Gasteiger partial charge in [-0.15, -0.1) is 0 Å². The maximum atomic E-state index is 13.1. The van der Waals surface area contributed by atoms with Crippen LogP contribution in [-0.4, -0.2) is 30.9 Å². The van der Waals surface area contributed by atoms with E-state index in [1.54, 1.807) is 23.0 Å². The zero-order valence-electron chi connectivity index (χ0n) is 19.1. The number of fused-ring (bicyclic) bond motifs is 1. The van der Waals surface area contributed by atoms with Gasteiger partial charge in [0.2, 0.25) is 11.7 Å². The Balaban J connectivity index is 1.36. The number of nitrogens with zero attached hydrogens (tertiary/aromatic N) is 5. The molecule has 0 spiro atoms. The van der Waals surface area contributed by atoms with Crippen LogP contribution in [0.1, 0.15) is 31.2 Å². The van der Waals surface area contributed by atoms with Gasteiger partial charge in [-0.2, -0.15) is 10.1 Å². The zero-order chi connectivity index (χ0) is 23.5. The van der Waals surface area contributed by atoms with Crippen molar-refractivity contribution in [3.63, 3.8) is 0 Å². The second kappa shape index (κ2) is 9.35. The van der Waals surface area contributed by atoms with Crippen LogP contribution in [0.4, 0.5) is 0 Å². The third-order valence-electron chi connectivity index (χ3n) is 5.60. The van der Waals surface area contributed by atoms with Crippen LogP contribution in [0, 0.1) is 6.92 Å². The summed E-state index contributed by atoms with van der Waals surface area (Å²) in [5.41, 5.74) is 3.94. The molecule has 3 aromatic heterocycles. The van der Waals surface area contributed by atoms with Crippen molar-refractivity contribution in [2.75, 3.05) is 6.61 Å². The van der Waals surface area contributed by atoms with E-state index in [0.29, 0.717) is 23.8 Å². The van der Waals surface area contributed by atoms with Gasteiger partial charge in [-0.1, -0.05) is 48.3 Å². The van der Waals surface area contributed by atoms with Gasteiger partial charge >= 0.3 is 0 Å². The molecule has 5 aromatic rings. The summed E-state index contributed by atoms with van der Waals surface area (Å²) in [4.78, 5) is 17.5. The number of benzene rings is 2. The molecule has 0 aliphatic heterocycles. The van der Waals surface area contributed by atoms with E-state index >= 15 is 0 Å². The maximum Gasteiger partial charge on any atom is 0.277 e. The molecule has 8 heteroatoms. The summed E-state index contributed by atoms with van der Waals surface area (Å²) in [5, 5.41) is 8.61. The average molecular weight is 456 g/mol. The Morgan fingerprint density at radius 3 is 2.53 bits per heavy atom. The first-order valence-corrected chi connectivity index (χ1v) is 11.3. The van der Waals surface area contributed by atoms with Crippen LogP contribution in [0.3, 0.4) is 0 Å². The Morgan fingerprint density at radius 1 is 1.00 bits per heavy atom. The number of hydrogen-bond donors (Lipinski definition) is 0. The minimum absolute atomic E-state index is 0.179. The molecule has 0 aliphatic carbocycles. The van der Waals surface area contributed by atoms with Gasteiger partial charge in [0.15, 0.2) is 0 Å². The molecule has 0 amide bonds. The number of ether oxygens (including phenoxy) is 1. The van der Waals surface area contributed by atoms with Gasteiger partial charge in [0.1, 0.15) is 17.8 Å². The highest BCUT2D eigenvalue weighted by Crippen LogP contribution is 2.22. The van der Waals surface area contributed by atoms with Crippen molar-refractivity contribution >= 4 is 5.52 Å². The molecule has 0 saturated heterocycles. The molecule has 3 heterocycles. The van der Waals surface area contributed by atoms with Gasteiger partial charge in [-0.25, -0.2) is 4.52 Å². The zero-order valence-corrected chi connectivity index (χ0v) is 19.1. The summed E-state index contributed by atoms with van der Waals surface area (Å²) in [6.07, 6.45) is 5.54. The second-order valence-corrected chi connectivity index (χ2v) is 8.19. The van der Waals surface area contributed by atoms with E-state index in [4.69, 9.17) is 9.26 Å². The second-order valence-electron chi connectivity index (χ2n) is 8.19. The molecule has 8 nitrogen and oxygen atoms in total. The lowest BCUT2D eigenvalue weighted by Crippen LogP contribution is -2.21. The van der Waals surface area contributed by atoms with Crippen LogP contribution < -0.4 is 10.3 Å². The van der Waals surface area contributed by atoms with Crippen LogP contribution in [0.15, 0.2) is 76.3 Å². The van der Waals surface area contributed by atoms with Crippen molar-refractivity contribution in [2.24, 2.45) is 0 Å². The highest BCUT2D eigenvalue weighted by Gasteiger charge is 2.13. The highest BCUT2D eigenvalue weighted by molar-refractivity contribution is 5.66. The predicted octanol–water partition coefficient (Wildman–Crippen LogP) is 4.75. The number of aryl methyl sites for hydroxylation is 1. The standard InChI is InChI=1S/C26H25N5O3/c1-3-4-15-33-21-11-9-19(10-12-21)22-16-23-26(32)30(13-14-31(23)28-22)17-24-27-25(29-34-24)20-7-5-18(2)6-8-20/h5-14,16H,3-4,15,17H2,1-2H3. The Morgan fingerprint density at radius 2 is 1.76 bits per heavy atom.